The van der Waals surface area contributed by atoms with Gasteiger partial charge < -0.3 is 4.90 Å². The Morgan fingerprint density at radius 2 is 1.81 bits per heavy atom. The Kier molecular flexibility index (Phi) is 5.27. The molecule has 0 saturated carbocycles. The van der Waals surface area contributed by atoms with E-state index in [9.17, 15) is 0 Å². The molecule has 1 atom stereocenters. The second-order valence-electron chi connectivity index (χ2n) is 5.09. The first-order chi connectivity index (χ1) is 7.61. The SMILES string of the molecule is CCCC1=C(CCC)C(C(C)N(C)C)=CC1. The first kappa shape index (κ1) is 13.5. The van der Waals surface area contributed by atoms with E-state index in [1.165, 1.54) is 32.1 Å². The van der Waals surface area contributed by atoms with Gasteiger partial charge in [-0.1, -0.05) is 38.3 Å². The predicted molar refractivity (Wildman–Crippen MR) is 72.7 cm³/mol. The molecule has 0 N–H and O–H groups in total. The normalized spacial score (nSPS) is 18.2. The van der Waals surface area contributed by atoms with Gasteiger partial charge in [0.2, 0.25) is 0 Å². The summed E-state index contributed by atoms with van der Waals surface area (Å²) in [5.74, 6) is 0. The van der Waals surface area contributed by atoms with Crippen LogP contribution in [0, 0.1) is 0 Å². The lowest BCUT2D eigenvalue weighted by Gasteiger charge is -2.24. The van der Waals surface area contributed by atoms with Gasteiger partial charge in [-0.2, -0.15) is 0 Å². The maximum absolute atomic E-state index is 2.46. The third kappa shape index (κ3) is 2.98. The summed E-state index contributed by atoms with van der Waals surface area (Å²) in [6.45, 7) is 6.88. The second-order valence-corrected chi connectivity index (χ2v) is 5.09. The molecule has 1 nitrogen and oxygen atoms in total. The fraction of sp³-hybridized carbons (Fsp3) is 0.733. The van der Waals surface area contributed by atoms with Crippen molar-refractivity contribution in [2.24, 2.45) is 0 Å². The van der Waals surface area contributed by atoms with E-state index in [4.69, 9.17) is 0 Å². The quantitative estimate of drug-likeness (QED) is 0.651. The van der Waals surface area contributed by atoms with Crippen LogP contribution in [-0.4, -0.2) is 25.0 Å². The molecule has 0 saturated heterocycles. The summed E-state index contributed by atoms with van der Waals surface area (Å²) in [6, 6.07) is 0.566. The van der Waals surface area contributed by atoms with Crippen LogP contribution in [0.15, 0.2) is 22.8 Å². The minimum atomic E-state index is 0.566. The van der Waals surface area contributed by atoms with E-state index >= 15 is 0 Å². The van der Waals surface area contributed by atoms with Gasteiger partial charge in [-0.05, 0) is 51.4 Å². The lowest BCUT2D eigenvalue weighted by Crippen LogP contribution is -2.27. The van der Waals surface area contributed by atoms with E-state index in [1.54, 1.807) is 16.7 Å². The van der Waals surface area contributed by atoms with Gasteiger partial charge in [-0.3, -0.25) is 0 Å². The van der Waals surface area contributed by atoms with Crippen LogP contribution in [0.5, 0.6) is 0 Å². The number of hydrogen-bond donors (Lipinski definition) is 0. The molecule has 92 valence electrons. The average Bonchev–Trinajstić information content (AvgIpc) is 2.62. The van der Waals surface area contributed by atoms with Gasteiger partial charge in [-0.25, -0.2) is 0 Å². The van der Waals surface area contributed by atoms with Crippen molar-refractivity contribution >= 4 is 0 Å². The van der Waals surface area contributed by atoms with Crippen LogP contribution < -0.4 is 0 Å². The Bertz CT molecular complexity index is 284. The Hall–Kier alpha value is -0.560. The smallest absolute Gasteiger partial charge is 0.0313 e. The molecule has 0 aromatic heterocycles. The minimum absolute atomic E-state index is 0.566. The largest absolute Gasteiger partial charge is 0.303 e. The molecule has 0 aromatic rings. The molecule has 0 bridgehead atoms. The van der Waals surface area contributed by atoms with Gasteiger partial charge in [-0.15, -0.1) is 0 Å². The third-order valence-electron chi connectivity index (χ3n) is 3.62. The summed E-state index contributed by atoms with van der Waals surface area (Å²) in [6.07, 6.45) is 8.76. The van der Waals surface area contributed by atoms with Crippen LogP contribution in [0.4, 0.5) is 0 Å². The van der Waals surface area contributed by atoms with E-state index in [1.807, 2.05) is 0 Å². The number of nitrogens with zero attached hydrogens (tertiary/aromatic N) is 1. The van der Waals surface area contributed by atoms with Gasteiger partial charge in [0.25, 0.3) is 0 Å². The van der Waals surface area contributed by atoms with E-state index in [0.717, 1.165) is 0 Å². The molecule has 1 aliphatic carbocycles. The fourth-order valence-corrected chi connectivity index (χ4v) is 2.51. The molecule has 1 rings (SSSR count). The average molecular weight is 221 g/mol. The highest BCUT2D eigenvalue weighted by atomic mass is 15.1. The number of likely N-dealkylation sites (N-methyl/N-ethyl adjacent to an activating group) is 1. The molecule has 0 aliphatic heterocycles. The van der Waals surface area contributed by atoms with Crippen molar-refractivity contribution in [3.63, 3.8) is 0 Å². The van der Waals surface area contributed by atoms with Crippen molar-refractivity contribution in [3.05, 3.63) is 22.8 Å². The van der Waals surface area contributed by atoms with Crippen molar-refractivity contribution in [1.29, 1.82) is 0 Å². The van der Waals surface area contributed by atoms with Gasteiger partial charge in [0.15, 0.2) is 0 Å². The van der Waals surface area contributed by atoms with Crippen LogP contribution in [0.2, 0.25) is 0 Å². The number of allylic oxidation sites excluding steroid dienone is 2. The summed E-state index contributed by atoms with van der Waals surface area (Å²) < 4.78 is 0. The van der Waals surface area contributed by atoms with Gasteiger partial charge in [0.1, 0.15) is 0 Å². The van der Waals surface area contributed by atoms with Crippen molar-refractivity contribution in [1.82, 2.24) is 4.90 Å². The molecular weight excluding hydrogens is 194 g/mol. The summed E-state index contributed by atoms with van der Waals surface area (Å²) in [4.78, 5) is 2.32. The Morgan fingerprint density at radius 1 is 1.19 bits per heavy atom. The van der Waals surface area contributed by atoms with E-state index in [-0.39, 0.29) is 0 Å². The van der Waals surface area contributed by atoms with E-state index < -0.39 is 0 Å². The maximum atomic E-state index is 2.46. The lowest BCUT2D eigenvalue weighted by atomic mass is 9.94. The summed E-state index contributed by atoms with van der Waals surface area (Å²) in [5.41, 5.74) is 4.97. The summed E-state index contributed by atoms with van der Waals surface area (Å²) in [7, 11) is 4.35. The van der Waals surface area contributed by atoms with Crippen LogP contribution in [0.25, 0.3) is 0 Å². The highest BCUT2D eigenvalue weighted by molar-refractivity contribution is 5.45. The molecule has 0 amide bonds. The van der Waals surface area contributed by atoms with Crippen molar-refractivity contribution in [2.45, 2.75) is 58.9 Å². The minimum Gasteiger partial charge on any atom is -0.303 e. The molecule has 0 radical (unpaired) electrons. The molecule has 16 heavy (non-hydrogen) atoms. The van der Waals surface area contributed by atoms with Crippen molar-refractivity contribution in [2.75, 3.05) is 14.1 Å². The van der Waals surface area contributed by atoms with Gasteiger partial charge in [0.05, 0.1) is 0 Å². The molecule has 1 unspecified atom stereocenters. The lowest BCUT2D eigenvalue weighted by molar-refractivity contribution is 0.352. The highest BCUT2D eigenvalue weighted by Crippen LogP contribution is 2.35. The Morgan fingerprint density at radius 3 is 2.31 bits per heavy atom. The standard InChI is InChI=1S/C15H27N/c1-6-8-13-10-11-14(12(3)16(4)5)15(13)9-7-2/h11-12H,6-10H2,1-5H3. The highest BCUT2D eigenvalue weighted by Gasteiger charge is 2.21. The predicted octanol–water partition coefficient (Wildman–Crippen LogP) is 4.16. The van der Waals surface area contributed by atoms with Gasteiger partial charge >= 0.3 is 0 Å². The number of rotatable bonds is 6. The van der Waals surface area contributed by atoms with Crippen molar-refractivity contribution in [3.8, 4) is 0 Å². The van der Waals surface area contributed by atoms with Crippen molar-refractivity contribution < 1.29 is 0 Å². The molecule has 1 aliphatic rings. The zero-order valence-corrected chi connectivity index (χ0v) is 11.6. The monoisotopic (exact) mass is 221 g/mol. The van der Waals surface area contributed by atoms with E-state index in [0.29, 0.717) is 6.04 Å². The maximum Gasteiger partial charge on any atom is 0.0313 e. The molecule has 1 heteroatoms. The molecule has 0 fully saturated rings. The van der Waals surface area contributed by atoms with Gasteiger partial charge in [0, 0.05) is 6.04 Å². The van der Waals surface area contributed by atoms with Crippen LogP contribution in [0.1, 0.15) is 52.9 Å². The molecule has 0 aromatic carbocycles. The molecule has 0 spiro atoms. The zero-order chi connectivity index (χ0) is 12.1. The van der Waals surface area contributed by atoms with Crippen LogP contribution >= 0.6 is 0 Å². The first-order valence-corrected chi connectivity index (χ1v) is 6.69. The van der Waals surface area contributed by atoms with E-state index in [2.05, 4.69) is 45.8 Å². The van der Waals surface area contributed by atoms with Crippen LogP contribution in [0.3, 0.4) is 0 Å². The topological polar surface area (TPSA) is 3.24 Å². The van der Waals surface area contributed by atoms with Crippen LogP contribution in [-0.2, 0) is 0 Å². The second kappa shape index (κ2) is 6.24. The Labute approximate surface area is 101 Å². The molecular formula is C15H27N. The summed E-state index contributed by atoms with van der Waals surface area (Å²) in [5, 5.41) is 0. The summed E-state index contributed by atoms with van der Waals surface area (Å²) >= 11 is 0. The Balaban J connectivity index is 2.85. The zero-order valence-electron chi connectivity index (χ0n) is 11.6. The molecule has 0 heterocycles. The fourth-order valence-electron chi connectivity index (χ4n) is 2.51. The third-order valence-corrected chi connectivity index (χ3v) is 3.62. The first-order valence-electron chi connectivity index (χ1n) is 6.69. The number of hydrogen-bond acceptors (Lipinski definition) is 1.